The highest BCUT2D eigenvalue weighted by Crippen LogP contribution is 2.30. The van der Waals surface area contributed by atoms with Gasteiger partial charge in [-0.1, -0.05) is 6.08 Å². The molecule has 2 fully saturated rings. The highest BCUT2D eigenvalue weighted by Gasteiger charge is 2.34. The second kappa shape index (κ2) is 11.3. The van der Waals surface area contributed by atoms with E-state index in [4.69, 9.17) is 14.2 Å². The molecule has 1 aromatic heterocycles. The number of aryl methyl sites for hydroxylation is 1. The van der Waals surface area contributed by atoms with Gasteiger partial charge in [-0.05, 0) is 49.2 Å². The summed E-state index contributed by atoms with van der Waals surface area (Å²) in [6, 6.07) is 8.82. The van der Waals surface area contributed by atoms with Gasteiger partial charge in [0, 0.05) is 54.9 Å². The van der Waals surface area contributed by atoms with E-state index in [9.17, 15) is 9.18 Å². The van der Waals surface area contributed by atoms with Gasteiger partial charge < -0.3 is 19.5 Å². The number of rotatable bonds is 8. The number of ketones is 1. The van der Waals surface area contributed by atoms with Gasteiger partial charge >= 0.3 is 0 Å². The maximum absolute atomic E-state index is 13.7. The minimum absolute atomic E-state index is 0.0186. The number of fused-ring (bicyclic) bond motifs is 2. The number of halogens is 1. The van der Waals surface area contributed by atoms with Crippen LogP contribution in [0.15, 0.2) is 48.8 Å². The third-order valence-electron chi connectivity index (χ3n) is 6.92. The Morgan fingerprint density at radius 1 is 1.27 bits per heavy atom. The quantitative estimate of drug-likeness (QED) is 0.459. The number of methoxy groups -OCH3 is 1. The third-order valence-corrected chi connectivity index (χ3v) is 6.92. The SMILES string of the molecule is COc1cc2ncnc(Nc3ccc(F)c(C)c3)c2cc1CC(=O)/C=C/CN1CCOC2COCCC21. The zero-order valence-corrected chi connectivity index (χ0v) is 21.1. The van der Waals surface area contributed by atoms with Crippen LogP contribution >= 0.6 is 0 Å². The van der Waals surface area contributed by atoms with Crippen LogP contribution in [0, 0.1) is 12.7 Å². The molecule has 194 valence electrons. The Balaban J connectivity index is 1.31. The molecule has 37 heavy (non-hydrogen) atoms. The first-order chi connectivity index (χ1) is 18.0. The number of carbonyl (C=O) groups is 1. The van der Waals surface area contributed by atoms with Gasteiger partial charge in [-0.15, -0.1) is 0 Å². The highest BCUT2D eigenvalue weighted by atomic mass is 19.1. The first kappa shape index (κ1) is 25.3. The second-order valence-corrected chi connectivity index (χ2v) is 9.37. The number of nitrogens with zero attached hydrogens (tertiary/aromatic N) is 3. The van der Waals surface area contributed by atoms with Crippen LogP contribution in [0.1, 0.15) is 17.5 Å². The average Bonchev–Trinajstić information content (AvgIpc) is 2.91. The van der Waals surface area contributed by atoms with Crippen molar-refractivity contribution < 1.29 is 23.4 Å². The number of allylic oxidation sites excluding steroid dienone is 1. The van der Waals surface area contributed by atoms with Crippen molar-refractivity contribution in [1.82, 2.24) is 14.9 Å². The topological polar surface area (TPSA) is 85.8 Å². The van der Waals surface area contributed by atoms with E-state index in [-0.39, 0.29) is 24.1 Å². The van der Waals surface area contributed by atoms with Crippen LogP contribution in [0.3, 0.4) is 0 Å². The van der Waals surface area contributed by atoms with Crippen LogP contribution in [-0.2, 0) is 20.7 Å². The van der Waals surface area contributed by atoms with Crippen molar-refractivity contribution >= 4 is 28.2 Å². The molecule has 0 bridgehead atoms. The van der Waals surface area contributed by atoms with Gasteiger partial charge in [0.2, 0.25) is 0 Å². The van der Waals surface area contributed by atoms with Crippen LogP contribution in [0.5, 0.6) is 5.75 Å². The Kier molecular flexibility index (Phi) is 7.73. The van der Waals surface area contributed by atoms with Gasteiger partial charge in [0.25, 0.3) is 0 Å². The van der Waals surface area contributed by atoms with E-state index in [0.717, 1.165) is 30.5 Å². The Morgan fingerprint density at radius 3 is 3.00 bits per heavy atom. The molecule has 1 N–H and O–H groups in total. The summed E-state index contributed by atoms with van der Waals surface area (Å²) >= 11 is 0. The summed E-state index contributed by atoms with van der Waals surface area (Å²) in [5.74, 6) is 0.879. The molecule has 0 amide bonds. The van der Waals surface area contributed by atoms with Crippen molar-refractivity contribution in [3.05, 3.63) is 65.8 Å². The fourth-order valence-corrected chi connectivity index (χ4v) is 4.97. The van der Waals surface area contributed by atoms with Crippen LogP contribution in [0.4, 0.5) is 15.9 Å². The molecule has 0 saturated carbocycles. The minimum Gasteiger partial charge on any atom is -0.496 e. The Bertz CT molecular complexity index is 1310. The molecule has 2 aliphatic rings. The highest BCUT2D eigenvalue weighted by molar-refractivity contribution is 5.96. The molecule has 2 saturated heterocycles. The molecule has 3 heterocycles. The number of carbonyl (C=O) groups excluding carboxylic acids is 1. The van der Waals surface area contributed by atoms with E-state index in [2.05, 4.69) is 20.2 Å². The van der Waals surface area contributed by atoms with Crippen molar-refractivity contribution in [3.8, 4) is 5.75 Å². The van der Waals surface area contributed by atoms with Crippen molar-refractivity contribution in [3.63, 3.8) is 0 Å². The summed E-state index contributed by atoms with van der Waals surface area (Å²) in [7, 11) is 1.58. The van der Waals surface area contributed by atoms with E-state index >= 15 is 0 Å². The fourth-order valence-electron chi connectivity index (χ4n) is 4.97. The normalized spacial score (nSPS) is 20.2. The predicted octanol–water partition coefficient (Wildman–Crippen LogP) is 3.99. The van der Waals surface area contributed by atoms with E-state index in [1.165, 1.54) is 12.4 Å². The first-order valence-corrected chi connectivity index (χ1v) is 12.5. The molecule has 2 aliphatic heterocycles. The van der Waals surface area contributed by atoms with Crippen LogP contribution in [-0.4, -0.2) is 72.8 Å². The molecular weight excluding hydrogens is 475 g/mol. The molecule has 0 spiro atoms. The van der Waals surface area contributed by atoms with Crippen molar-refractivity contribution in [2.24, 2.45) is 0 Å². The van der Waals surface area contributed by atoms with E-state index in [1.54, 1.807) is 32.2 Å². The number of morpholine rings is 1. The monoisotopic (exact) mass is 506 g/mol. The Hall–Kier alpha value is -3.40. The van der Waals surface area contributed by atoms with Crippen molar-refractivity contribution in [2.75, 3.05) is 45.3 Å². The summed E-state index contributed by atoms with van der Waals surface area (Å²) in [5.41, 5.74) is 2.67. The minimum atomic E-state index is -0.266. The summed E-state index contributed by atoms with van der Waals surface area (Å²) in [4.78, 5) is 24.0. The molecule has 2 aromatic carbocycles. The second-order valence-electron chi connectivity index (χ2n) is 9.37. The molecule has 5 rings (SSSR count). The molecule has 9 heteroatoms. The van der Waals surface area contributed by atoms with Gasteiger partial charge in [-0.2, -0.15) is 0 Å². The number of hydrogen-bond acceptors (Lipinski definition) is 8. The molecule has 3 aromatic rings. The third kappa shape index (κ3) is 5.79. The molecule has 2 unspecified atom stereocenters. The van der Waals surface area contributed by atoms with E-state index < -0.39 is 0 Å². The summed E-state index contributed by atoms with van der Waals surface area (Å²) in [6.45, 7) is 5.31. The summed E-state index contributed by atoms with van der Waals surface area (Å²) in [5, 5.41) is 3.99. The number of anilines is 2. The first-order valence-electron chi connectivity index (χ1n) is 12.5. The number of nitrogens with one attached hydrogen (secondary N) is 1. The van der Waals surface area contributed by atoms with Gasteiger partial charge in [0.05, 0.1) is 31.9 Å². The fraction of sp³-hybridized carbons (Fsp3) is 0.393. The van der Waals surface area contributed by atoms with Crippen LogP contribution in [0.2, 0.25) is 0 Å². The van der Waals surface area contributed by atoms with Crippen molar-refractivity contribution in [1.29, 1.82) is 0 Å². The lowest BCUT2D eigenvalue weighted by atomic mass is 10.0. The summed E-state index contributed by atoms with van der Waals surface area (Å²) < 4.78 is 30.6. The summed E-state index contributed by atoms with van der Waals surface area (Å²) in [6.07, 6.45) is 6.27. The van der Waals surface area contributed by atoms with Gasteiger partial charge in [0.1, 0.15) is 23.7 Å². The molecule has 0 aliphatic carbocycles. The molecule has 8 nitrogen and oxygen atoms in total. The molecular formula is C28H31FN4O4. The maximum atomic E-state index is 13.7. The lowest BCUT2D eigenvalue weighted by Gasteiger charge is -2.43. The van der Waals surface area contributed by atoms with Gasteiger partial charge in [-0.3, -0.25) is 9.69 Å². The largest absolute Gasteiger partial charge is 0.496 e. The predicted molar refractivity (Wildman–Crippen MR) is 139 cm³/mol. The van der Waals surface area contributed by atoms with Gasteiger partial charge in [-0.25, -0.2) is 14.4 Å². The smallest absolute Gasteiger partial charge is 0.159 e. The number of ether oxygens (including phenoxy) is 3. The molecule has 0 radical (unpaired) electrons. The number of aromatic nitrogens is 2. The lowest BCUT2D eigenvalue weighted by Crippen LogP contribution is -2.55. The Morgan fingerprint density at radius 2 is 2.16 bits per heavy atom. The Labute approximate surface area is 215 Å². The van der Waals surface area contributed by atoms with E-state index in [0.29, 0.717) is 54.1 Å². The van der Waals surface area contributed by atoms with Gasteiger partial charge in [0.15, 0.2) is 5.78 Å². The number of hydrogen-bond donors (Lipinski definition) is 1. The molecule has 2 atom stereocenters. The lowest BCUT2D eigenvalue weighted by molar-refractivity contribution is -0.132. The standard InChI is InChI=1S/C28H31FN4O4/c1-18-12-20(5-6-23(18)29)32-28-22-14-19(26(35-2)15-24(22)30-17-31-28)13-21(34)4-3-8-33-9-11-37-27-16-36-10-7-25(27)33/h3-6,12,14-15,17,25,27H,7-11,13,16H2,1-2H3,(H,30,31,32)/b4-3+. The number of benzene rings is 2. The van der Waals surface area contributed by atoms with Crippen LogP contribution < -0.4 is 10.1 Å². The zero-order chi connectivity index (χ0) is 25.8. The average molecular weight is 507 g/mol. The zero-order valence-electron chi connectivity index (χ0n) is 21.1. The van der Waals surface area contributed by atoms with Crippen LogP contribution in [0.25, 0.3) is 10.9 Å². The maximum Gasteiger partial charge on any atom is 0.159 e. The van der Waals surface area contributed by atoms with E-state index in [1.807, 2.05) is 18.2 Å². The van der Waals surface area contributed by atoms with Crippen molar-refractivity contribution in [2.45, 2.75) is 31.9 Å².